The van der Waals surface area contributed by atoms with Gasteiger partial charge in [-0.25, -0.2) is 4.98 Å². The fraction of sp³-hybridized carbons (Fsp3) is 0.417. The summed E-state index contributed by atoms with van der Waals surface area (Å²) in [4.78, 5) is 22.4. The lowest BCUT2D eigenvalue weighted by Crippen LogP contribution is -2.41. The van der Waals surface area contributed by atoms with E-state index < -0.39 is 0 Å². The van der Waals surface area contributed by atoms with Crippen LogP contribution >= 0.6 is 0 Å². The number of hydrogen-bond acceptors (Lipinski definition) is 5. The Morgan fingerprint density at radius 2 is 1.94 bits per heavy atom. The van der Waals surface area contributed by atoms with Crippen molar-refractivity contribution >= 4 is 11.6 Å². The summed E-state index contributed by atoms with van der Waals surface area (Å²) in [5, 5.41) is 0. The Morgan fingerprint density at radius 1 is 1.13 bits per heavy atom. The molecule has 4 heterocycles. The van der Waals surface area contributed by atoms with Crippen LogP contribution in [0.15, 0.2) is 48.7 Å². The number of morpholine rings is 1. The molecule has 7 heteroatoms. The molecule has 5 rings (SSSR count). The van der Waals surface area contributed by atoms with Gasteiger partial charge in [0.25, 0.3) is 5.91 Å². The molecule has 0 bridgehead atoms. The number of methoxy groups -OCH3 is 1. The van der Waals surface area contributed by atoms with Crippen LogP contribution in [-0.4, -0.2) is 65.0 Å². The number of rotatable bonds is 5. The Hall–Kier alpha value is -2.90. The highest BCUT2D eigenvalue weighted by Gasteiger charge is 2.32. The van der Waals surface area contributed by atoms with Crippen LogP contribution in [0.25, 0.3) is 5.65 Å². The Bertz CT molecular complexity index is 1070. The molecular formula is C24H28N4O3. The highest BCUT2D eigenvalue weighted by atomic mass is 16.5. The average molecular weight is 421 g/mol. The van der Waals surface area contributed by atoms with Crippen molar-refractivity contribution in [3.63, 3.8) is 0 Å². The summed E-state index contributed by atoms with van der Waals surface area (Å²) < 4.78 is 13.1. The monoisotopic (exact) mass is 420 g/mol. The first-order chi connectivity index (χ1) is 15.3. The van der Waals surface area contributed by atoms with Crippen LogP contribution in [0.5, 0.6) is 5.75 Å². The number of para-hydroxylation sites is 1. The van der Waals surface area contributed by atoms with Crippen molar-refractivity contribution in [1.29, 1.82) is 0 Å². The Kier molecular flexibility index (Phi) is 5.61. The Balaban J connectivity index is 1.50. The molecule has 0 aliphatic carbocycles. The van der Waals surface area contributed by atoms with E-state index in [0.29, 0.717) is 38.5 Å². The second-order valence-electron chi connectivity index (χ2n) is 8.11. The number of amides is 1. The van der Waals surface area contributed by atoms with Crippen molar-refractivity contribution in [2.24, 2.45) is 0 Å². The van der Waals surface area contributed by atoms with Gasteiger partial charge >= 0.3 is 0 Å². The highest BCUT2D eigenvalue weighted by Crippen LogP contribution is 2.38. The van der Waals surface area contributed by atoms with Crippen LogP contribution in [0, 0.1) is 0 Å². The van der Waals surface area contributed by atoms with Gasteiger partial charge in [-0.3, -0.25) is 9.69 Å². The van der Waals surface area contributed by atoms with Gasteiger partial charge in [-0.05, 0) is 37.6 Å². The minimum atomic E-state index is -0.00459. The Morgan fingerprint density at radius 3 is 2.77 bits per heavy atom. The van der Waals surface area contributed by atoms with Crippen molar-refractivity contribution in [1.82, 2.24) is 19.2 Å². The van der Waals surface area contributed by atoms with Gasteiger partial charge in [0.1, 0.15) is 11.4 Å². The fourth-order valence-electron chi connectivity index (χ4n) is 4.79. The van der Waals surface area contributed by atoms with Gasteiger partial charge in [0.05, 0.1) is 26.0 Å². The maximum atomic E-state index is 13.4. The van der Waals surface area contributed by atoms with E-state index in [9.17, 15) is 4.79 Å². The number of nitrogens with zero attached hydrogens (tertiary/aromatic N) is 4. The summed E-state index contributed by atoms with van der Waals surface area (Å²) in [5.41, 5.74) is 3.52. The van der Waals surface area contributed by atoms with Crippen molar-refractivity contribution in [2.75, 3.05) is 40.0 Å². The number of likely N-dealkylation sites (tertiary alicyclic amines) is 1. The minimum Gasteiger partial charge on any atom is -0.496 e. The summed E-state index contributed by atoms with van der Waals surface area (Å²) in [6.45, 7) is 4.03. The summed E-state index contributed by atoms with van der Waals surface area (Å²) in [6.07, 6.45) is 4.19. The molecule has 0 radical (unpaired) electrons. The van der Waals surface area contributed by atoms with Gasteiger partial charge in [-0.2, -0.15) is 0 Å². The molecule has 162 valence electrons. The second-order valence-corrected chi connectivity index (χ2v) is 8.11. The first-order valence-corrected chi connectivity index (χ1v) is 11.0. The quantitative estimate of drug-likeness (QED) is 0.635. The zero-order chi connectivity index (χ0) is 21.2. The lowest BCUT2D eigenvalue weighted by atomic mass is 10.0. The molecule has 2 saturated heterocycles. The number of imidazole rings is 1. The lowest BCUT2D eigenvalue weighted by Gasteiger charge is -2.28. The molecular weight excluding hydrogens is 392 g/mol. The van der Waals surface area contributed by atoms with E-state index in [-0.39, 0.29) is 11.9 Å². The molecule has 0 saturated carbocycles. The minimum absolute atomic E-state index is 0.00459. The number of carbonyl (C=O) groups excluding carboxylic acids is 1. The van der Waals surface area contributed by atoms with Crippen LogP contribution < -0.4 is 4.74 Å². The summed E-state index contributed by atoms with van der Waals surface area (Å²) >= 11 is 0. The number of aromatic nitrogens is 2. The summed E-state index contributed by atoms with van der Waals surface area (Å²) in [7, 11) is 1.72. The average Bonchev–Trinajstić information content (AvgIpc) is 3.44. The maximum Gasteiger partial charge on any atom is 0.274 e. The van der Waals surface area contributed by atoms with Crippen molar-refractivity contribution < 1.29 is 14.3 Å². The third-order valence-corrected chi connectivity index (χ3v) is 6.34. The zero-order valence-corrected chi connectivity index (χ0v) is 17.9. The molecule has 2 aliphatic heterocycles. The van der Waals surface area contributed by atoms with Crippen molar-refractivity contribution in [3.05, 3.63) is 65.6 Å². The van der Waals surface area contributed by atoms with Crippen LogP contribution in [-0.2, 0) is 11.3 Å². The first kappa shape index (κ1) is 20.0. The van der Waals surface area contributed by atoms with E-state index in [1.54, 1.807) is 7.11 Å². The molecule has 1 amide bonds. The third-order valence-electron chi connectivity index (χ3n) is 6.34. The van der Waals surface area contributed by atoms with Crippen LogP contribution in [0.3, 0.4) is 0 Å². The largest absolute Gasteiger partial charge is 0.496 e. The number of hydrogen-bond donors (Lipinski definition) is 0. The SMILES string of the molecule is COc1ccccc1C1CCCN1Cc1c(C(=O)N2CCOCC2)nc2ccccn12. The van der Waals surface area contributed by atoms with Crippen molar-refractivity contribution in [3.8, 4) is 5.75 Å². The topological polar surface area (TPSA) is 59.3 Å². The number of benzene rings is 1. The lowest BCUT2D eigenvalue weighted by molar-refractivity contribution is 0.0298. The van der Waals surface area contributed by atoms with Crippen LogP contribution in [0.2, 0.25) is 0 Å². The number of carbonyl (C=O) groups is 1. The van der Waals surface area contributed by atoms with E-state index in [0.717, 1.165) is 36.5 Å². The highest BCUT2D eigenvalue weighted by molar-refractivity contribution is 5.94. The Labute approximate surface area is 182 Å². The standard InChI is InChI=1S/C24H28N4O3/c1-30-21-9-3-2-7-18(21)19-8-6-11-27(19)17-20-23(24(29)26-13-15-31-16-14-26)25-22-10-4-5-12-28(20)22/h2-5,7,9-10,12,19H,6,8,11,13-17H2,1H3. The molecule has 7 nitrogen and oxygen atoms in total. The predicted octanol–water partition coefficient (Wildman–Crippen LogP) is 3.15. The molecule has 1 aromatic carbocycles. The molecule has 0 N–H and O–H groups in total. The summed E-state index contributed by atoms with van der Waals surface area (Å²) in [6, 6.07) is 14.4. The molecule has 1 unspecified atom stereocenters. The molecule has 0 spiro atoms. The van der Waals surface area contributed by atoms with Gasteiger partial charge in [-0.15, -0.1) is 0 Å². The fourth-order valence-corrected chi connectivity index (χ4v) is 4.79. The maximum absolute atomic E-state index is 13.4. The van der Waals surface area contributed by atoms with E-state index in [1.165, 1.54) is 5.56 Å². The van der Waals surface area contributed by atoms with Gasteiger partial charge in [0.15, 0.2) is 5.69 Å². The molecule has 2 fully saturated rings. The van der Waals surface area contributed by atoms with E-state index >= 15 is 0 Å². The number of fused-ring (bicyclic) bond motifs is 1. The second kappa shape index (κ2) is 8.69. The van der Waals surface area contributed by atoms with Gasteiger partial charge in [0, 0.05) is 37.4 Å². The number of pyridine rings is 1. The summed E-state index contributed by atoms with van der Waals surface area (Å²) in [5.74, 6) is 0.914. The third kappa shape index (κ3) is 3.79. The molecule has 2 aliphatic rings. The smallest absolute Gasteiger partial charge is 0.274 e. The number of ether oxygens (including phenoxy) is 2. The molecule has 3 aromatic rings. The van der Waals surface area contributed by atoms with E-state index in [4.69, 9.17) is 14.5 Å². The zero-order valence-electron chi connectivity index (χ0n) is 17.9. The van der Waals surface area contributed by atoms with Crippen LogP contribution in [0.1, 0.15) is 40.6 Å². The molecule has 1 atom stereocenters. The van der Waals surface area contributed by atoms with E-state index in [1.807, 2.05) is 41.4 Å². The first-order valence-electron chi connectivity index (χ1n) is 11.0. The van der Waals surface area contributed by atoms with E-state index in [2.05, 4.69) is 21.4 Å². The van der Waals surface area contributed by atoms with Gasteiger partial charge < -0.3 is 18.8 Å². The van der Waals surface area contributed by atoms with Crippen molar-refractivity contribution in [2.45, 2.75) is 25.4 Å². The normalized spacial score (nSPS) is 19.8. The molecule has 2 aromatic heterocycles. The predicted molar refractivity (Wildman–Crippen MR) is 117 cm³/mol. The van der Waals surface area contributed by atoms with Crippen LogP contribution in [0.4, 0.5) is 0 Å². The van der Waals surface area contributed by atoms with Gasteiger partial charge in [-0.1, -0.05) is 24.3 Å². The van der Waals surface area contributed by atoms with Gasteiger partial charge in [0.2, 0.25) is 0 Å². The molecule has 31 heavy (non-hydrogen) atoms.